The van der Waals surface area contributed by atoms with Crippen LogP contribution in [0, 0.1) is 5.82 Å². The molecule has 2 heterocycles. The molecule has 1 N–H and O–H groups in total. The standard InChI is InChI=1S/C29H30FNO5/c1-17-26(29(33)36-16-23-4-3-13-35-23)27(19-7-11-22(34-2)12-8-19)28-24(31-17)14-20(15-25(28)32)18-5-9-21(30)10-6-18/h5-12,20,23,27,31H,3-4,13-16H2,1-2H3/t20-,23+,27+/m1/s1. The van der Waals surface area contributed by atoms with Gasteiger partial charge >= 0.3 is 5.97 Å². The van der Waals surface area contributed by atoms with Crippen LogP contribution in [-0.4, -0.2) is 38.2 Å². The van der Waals surface area contributed by atoms with E-state index in [9.17, 15) is 14.0 Å². The van der Waals surface area contributed by atoms with E-state index in [-0.39, 0.29) is 36.7 Å². The van der Waals surface area contributed by atoms with Crippen molar-refractivity contribution in [1.29, 1.82) is 0 Å². The molecule has 0 saturated carbocycles. The van der Waals surface area contributed by atoms with E-state index in [1.807, 2.05) is 31.2 Å². The number of carbonyl (C=O) groups is 2. The summed E-state index contributed by atoms with van der Waals surface area (Å²) >= 11 is 0. The minimum absolute atomic E-state index is 0.0316. The van der Waals surface area contributed by atoms with Gasteiger partial charge in [0.25, 0.3) is 0 Å². The quantitative estimate of drug-likeness (QED) is 0.579. The molecule has 3 aliphatic rings. The Balaban J connectivity index is 1.49. The van der Waals surface area contributed by atoms with Gasteiger partial charge in [-0.05, 0) is 67.5 Å². The SMILES string of the molecule is COc1ccc([C@H]2C(C(=O)OC[C@@H]3CCCO3)=C(C)NC3=C2C(=O)C[C@H](c2ccc(F)cc2)C3)cc1. The van der Waals surface area contributed by atoms with Crippen molar-refractivity contribution in [3.8, 4) is 5.75 Å². The van der Waals surface area contributed by atoms with Crippen LogP contribution in [-0.2, 0) is 19.1 Å². The van der Waals surface area contributed by atoms with E-state index in [1.54, 1.807) is 19.2 Å². The summed E-state index contributed by atoms with van der Waals surface area (Å²) in [6, 6.07) is 13.8. The summed E-state index contributed by atoms with van der Waals surface area (Å²) in [6.45, 7) is 2.71. The van der Waals surface area contributed by atoms with E-state index in [0.717, 1.165) is 29.7 Å². The average molecular weight is 492 g/mol. The molecule has 188 valence electrons. The number of rotatable bonds is 6. The molecule has 0 spiro atoms. The van der Waals surface area contributed by atoms with E-state index in [4.69, 9.17) is 14.2 Å². The molecule has 5 rings (SSSR count). The Morgan fingerprint density at radius 3 is 2.47 bits per heavy atom. The maximum Gasteiger partial charge on any atom is 0.336 e. The summed E-state index contributed by atoms with van der Waals surface area (Å²) in [5.74, 6) is -0.711. The summed E-state index contributed by atoms with van der Waals surface area (Å²) in [5.41, 5.74) is 4.23. The molecule has 2 aliphatic heterocycles. The first kappa shape index (κ1) is 24.3. The predicted molar refractivity (Wildman–Crippen MR) is 132 cm³/mol. The molecular formula is C29H30FNO5. The van der Waals surface area contributed by atoms with Crippen LogP contribution in [0.5, 0.6) is 5.75 Å². The highest BCUT2D eigenvalue weighted by atomic mass is 19.1. The Bertz CT molecular complexity index is 1210. The van der Waals surface area contributed by atoms with Gasteiger partial charge < -0.3 is 19.5 Å². The number of esters is 1. The molecule has 2 aromatic carbocycles. The Labute approximate surface area is 210 Å². The van der Waals surface area contributed by atoms with Gasteiger partial charge in [0, 0.05) is 35.9 Å². The van der Waals surface area contributed by atoms with Gasteiger partial charge in [-0.3, -0.25) is 4.79 Å². The fraction of sp³-hybridized carbons (Fsp3) is 0.379. The second kappa shape index (κ2) is 10.3. The number of dihydropyridines is 1. The van der Waals surface area contributed by atoms with Crippen LogP contribution in [0.3, 0.4) is 0 Å². The van der Waals surface area contributed by atoms with E-state index in [1.165, 1.54) is 12.1 Å². The van der Waals surface area contributed by atoms with Crippen LogP contribution < -0.4 is 10.1 Å². The van der Waals surface area contributed by atoms with Gasteiger partial charge in [-0.2, -0.15) is 0 Å². The van der Waals surface area contributed by atoms with Crippen LogP contribution in [0.15, 0.2) is 71.1 Å². The van der Waals surface area contributed by atoms with Crippen molar-refractivity contribution in [3.05, 3.63) is 88.0 Å². The van der Waals surface area contributed by atoms with E-state index in [2.05, 4.69) is 5.32 Å². The molecule has 0 bridgehead atoms. The minimum atomic E-state index is -0.550. The Kier molecular flexibility index (Phi) is 6.92. The summed E-state index contributed by atoms with van der Waals surface area (Å²) < 4.78 is 30.1. The van der Waals surface area contributed by atoms with Crippen molar-refractivity contribution in [1.82, 2.24) is 5.32 Å². The number of benzene rings is 2. The monoisotopic (exact) mass is 491 g/mol. The van der Waals surface area contributed by atoms with Crippen molar-refractivity contribution in [2.75, 3.05) is 20.3 Å². The number of nitrogens with one attached hydrogen (secondary N) is 1. The van der Waals surface area contributed by atoms with Crippen molar-refractivity contribution >= 4 is 11.8 Å². The highest BCUT2D eigenvalue weighted by Gasteiger charge is 2.41. The lowest BCUT2D eigenvalue weighted by molar-refractivity contribution is -0.142. The zero-order valence-electron chi connectivity index (χ0n) is 20.5. The van der Waals surface area contributed by atoms with Gasteiger partial charge in [0.05, 0.1) is 18.8 Å². The van der Waals surface area contributed by atoms with Gasteiger partial charge in [0.1, 0.15) is 18.2 Å². The van der Waals surface area contributed by atoms with Gasteiger partial charge in [0.2, 0.25) is 0 Å². The summed E-state index contributed by atoms with van der Waals surface area (Å²) in [6.07, 6.45) is 2.61. The summed E-state index contributed by atoms with van der Waals surface area (Å²) in [5, 5.41) is 3.35. The fourth-order valence-electron chi connectivity index (χ4n) is 5.43. The third-order valence-electron chi connectivity index (χ3n) is 7.26. The molecule has 0 radical (unpaired) electrons. The van der Waals surface area contributed by atoms with E-state index in [0.29, 0.717) is 35.6 Å². The van der Waals surface area contributed by atoms with Crippen molar-refractivity contribution in [2.45, 2.75) is 50.5 Å². The Hall–Kier alpha value is -3.45. The van der Waals surface area contributed by atoms with Crippen LogP contribution >= 0.6 is 0 Å². The number of halogens is 1. The largest absolute Gasteiger partial charge is 0.497 e. The molecule has 0 amide bonds. The third-order valence-corrected chi connectivity index (χ3v) is 7.26. The lowest BCUT2D eigenvalue weighted by Gasteiger charge is -2.36. The van der Waals surface area contributed by atoms with E-state index >= 15 is 0 Å². The van der Waals surface area contributed by atoms with Gasteiger partial charge in [-0.1, -0.05) is 24.3 Å². The smallest absolute Gasteiger partial charge is 0.336 e. The van der Waals surface area contributed by atoms with Crippen LogP contribution in [0.1, 0.15) is 55.6 Å². The molecule has 0 unspecified atom stereocenters. The van der Waals surface area contributed by atoms with Gasteiger partial charge in [0.15, 0.2) is 5.78 Å². The van der Waals surface area contributed by atoms with Crippen LogP contribution in [0.4, 0.5) is 4.39 Å². The third kappa shape index (κ3) is 4.80. The maximum absolute atomic E-state index is 13.6. The number of ether oxygens (including phenoxy) is 3. The molecular weight excluding hydrogens is 461 g/mol. The number of methoxy groups -OCH3 is 1. The first-order chi connectivity index (χ1) is 17.4. The van der Waals surface area contributed by atoms with Crippen LogP contribution in [0.25, 0.3) is 0 Å². The summed E-state index contributed by atoms with van der Waals surface area (Å²) in [4.78, 5) is 27.0. The Morgan fingerprint density at radius 2 is 1.81 bits per heavy atom. The first-order valence-corrected chi connectivity index (χ1v) is 12.4. The van der Waals surface area contributed by atoms with Gasteiger partial charge in [-0.15, -0.1) is 0 Å². The predicted octanol–water partition coefficient (Wildman–Crippen LogP) is 4.92. The zero-order valence-corrected chi connectivity index (χ0v) is 20.5. The number of Topliss-reactive ketones (excluding diaryl/α,β-unsaturated/α-hetero) is 1. The molecule has 2 aromatic rings. The van der Waals surface area contributed by atoms with Crippen LogP contribution in [0.2, 0.25) is 0 Å². The molecule has 1 fully saturated rings. The topological polar surface area (TPSA) is 73.9 Å². The highest BCUT2D eigenvalue weighted by molar-refractivity contribution is 6.04. The molecule has 0 aromatic heterocycles. The second-order valence-corrected chi connectivity index (χ2v) is 9.58. The Morgan fingerprint density at radius 1 is 1.08 bits per heavy atom. The zero-order chi connectivity index (χ0) is 25.2. The normalized spacial score (nSPS) is 23.9. The molecule has 7 heteroatoms. The number of carbonyl (C=O) groups excluding carboxylic acids is 2. The number of allylic oxidation sites excluding steroid dienone is 3. The second-order valence-electron chi connectivity index (χ2n) is 9.58. The number of hydrogen-bond donors (Lipinski definition) is 1. The number of hydrogen-bond acceptors (Lipinski definition) is 6. The summed E-state index contributed by atoms with van der Waals surface area (Å²) in [7, 11) is 1.60. The average Bonchev–Trinajstić information content (AvgIpc) is 3.40. The molecule has 6 nitrogen and oxygen atoms in total. The lowest BCUT2D eigenvalue weighted by atomic mass is 9.71. The fourth-order valence-corrected chi connectivity index (χ4v) is 5.43. The van der Waals surface area contributed by atoms with Crippen molar-refractivity contribution < 1.29 is 28.2 Å². The lowest BCUT2D eigenvalue weighted by Crippen LogP contribution is -2.36. The van der Waals surface area contributed by atoms with Crippen molar-refractivity contribution in [2.24, 2.45) is 0 Å². The molecule has 3 atom stereocenters. The minimum Gasteiger partial charge on any atom is -0.497 e. The molecule has 1 aliphatic carbocycles. The molecule has 36 heavy (non-hydrogen) atoms. The first-order valence-electron chi connectivity index (χ1n) is 12.4. The molecule has 1 saturated heterocycles. The van der Waals surface area contributed by atoms with Crippen molar-refractivity contribution in [3.63, 3.8) is 0 Å². The van der Waals surface area contributed by atoms with Gasteiger partial charge in [-0.25, -0.2) is 9.18 Å². The highest BCUT2D eigenvalue weighted by Crippen LogP contribution is 2.46. The van der Waals surface area contributed by atoms with E-state index < -0.39 is 11.9 Å². The maximum atomic E-state index is 13.6. The number of ketones is 1.